The van der Waals surface area contributed by atoms with Gasteiger partial charge in [-0.15, -0.1) is 0 Å². The minimum atomic E-state index is -0.907. The van der Waals surface area contributed by atoms with Gasteiger partial charge in [0.1, 0.15) is 13.2 Å². The van der Waals surface area contributed by atoms with Crippen LogP contribution in [0.5, 0.6) is 0 Å². The predicted octanol–water partition coefficient (Wildman–Crippen LogP) is 4.09. The smallest absolute Gasteiger partial charge is 0.311 e. The summed E-state index contributed by atoms with van der Waals surface area (Å²) in [5.74, 6) is -3.77. The molecule has 0 aromatic heterocycles. The number of ether oxygens (including phenoxy) is 3. The van der Waals surface area contributed by atoms with Crippen LogP contribution in [0.4, 0.5) is 0 Å². The molecule has 10 nitrogen and oxygen atoms in total. The van der Waals surface area contributed by atoms with Gasteiger partial charge in [0.25, 0.3) is 0 Å². The number of hydrogen-bond acceptors (Lipinski definition) is 8. The first-order valence-electron chi connectivity index (χ1n) is 13.1. The standard InChI is InChI=1S/C17H26O6.C10H18O4/c1-4-17(2,3)16(21)23-8-7-22-15(20)13-11-6-5-10(9-11)12(13)14(18)19;1-4-10(2,3)9(13)14-7-5-6-8(11)12/h10-13H,4-9H2,1-3H3,(H,18,19);4-7H2,1-3H3,(H,11,12). The summed E-state index contributed by atoms with van der Waals surface area (Å²) in [5.41, 5.74) is -1.02. The van der Waals surface area contributed by atoms with Crippen LogP contribution in [0.25, 0.3) is 0 Å². The molecule has 0 heterocycles. The molecule has 2 rings (SSSR count). The van der Waals surface area contributed by atoms with Gasteiger partial charge in [0.2, 0.25) is 0 Å². The van der Waals surface area contributed by atoms with Gasteiger partial charge in [0.05, 0.1) is 29.3 Å². The predicted molar refractivity (Wildman–Crippen MR) is 133 cm³/mol. The van der Waals surface area contributed by atoms with Gasteiger partial charge >= 0.3 is 29.8 Å². The van der Waals surface area contributed by atoms with Crippen molar-refractivity contribution < 1.29 is 48.4 Å². The van der Waals surface area contributed by atoms with Crippen molar-refractivity contribution in [3.63, 3.8) is 0 Å². The summed E-state index contributed by atoms with van der Waals surface area (Å²) < 4.78 is 15.2. The molecule has 2 N–H and O–H groups in total. The Hall–Kier alpha value is -2.65. The maximum Gasteiger partial charge on any atom is 0.311 e. The van der Waals surface area contributed by atoms with E-state index in [1.165, 1.54) is 0 Å². The molecule has 10 heteroatoms. The van der Waals surface area contributed by atoms with E-state index >= 15 is 0 Å². The fourth-order valence-corrected chi connectivity index (χ4v) is 4.43. The zero-order valence-corrected chi connectivity index (χ0v) is 23.0. The molecule has 37 heavy (non-hydrogen) atoms. The van der Waals surface area contributed by atoms with Crippen molar-refractivity contribution >= 4 is 29.8 Å². The van der Waals surface area contributed by atoms with Crippen molar-refractivity contribution in [3.8, 4) is 0 Å². The van der Waals surface area contributed by atoms with Crippen LogP contribution >= 0.6 is 0 Å². The van der Waals surface area contributed by atoms with Crippen molar-refractivity contribution in [1.29, 1.82) is 0 Å². The monoisotopic (exact) mass is 528 g/mol. The number of rotatable bonds is 13. The lowest BCUT2D eigenvalue weighted by molar-refractivity contribution is -0.165. The molecule has 0 aliphatic heterocycles. The molecule has 2 aliphatic rings. The number of aliphatic carboxylic acids is 2. The van der Waals surface area contributed by atoms with Crippen molar-refractivity contribution in [2.75, 3.05) is 19.8 Å². The third-order valence-electron chi connectivity index (χ3n) is 7.68. The van der Waals surface area contributed by atoms with Gasteiger partial charge in [-0.3, -0.25) is 24.0 Å². The Labute approximate surface area is 219 Å². The van der Waals surface area contributed by atoms with Crippen molar-refractivity contribution in [1.82, 2.24) is 0 Å². The molecule has 2 aliphatic carbocycles. The topological polar surface area (TPSA) is 154 Å². The van der Waals surface area contributed by atoms with Crippen LogP contribution in [0.2, 0.25) is 0 Å². The normalized spacial score (nSPS) is 22.4. The Bertz CT molecular complexity index is 816. The molecule has 4 unspecified atom stereocenters. The van der Waals surface area contributed by atoms with Gasteiger partial charge in [-0.2, -0.15) is 0 Å². The van der Waals surface area contributed by atoms with Crippen LogP contribution in [-0.4, -0.2) is 59.9 Å². The summed E-state index contributed by atoms with van der Waals surface area (Å²) in [4.78, 5) is 56.9. The molecule has 2 fully saturated rings. The molecule has 0 amide bonds. The second-order valence-corrected chi connectivity index (χ2v) is 11.1. The molecule has 0 radical (unpaired) electrons. The van der Waals surface area contributed by atoms with Gasteiger partial charge < -0.3 is 24.4 Å². The third kappa shape index (κ3) is 9.63. The third-order valence-corrected chi connectivity index (χ3v) is 7.68. The van der Waals surface area contributed by atoms with Crippen molar-refractivity contribution in [2.45, 2.75) is 86.5 Å². The van der Waals surface area contributed by atoms with E-state index in [9.17, 15) is 29.1 Å². The molecule has 0 saturated heterocycles. The van der Waals surface area contributed by atoms with Crippen molar-refractivity contribution in [2.24, 2.45) is 34.5 Å². The molecule has 4 atom stereocenters. The van der Waals surface area contributed by atoms with Gasteiger partial charge in [0.15, 0.2) is 0 Å². The summed E-state index contributed by atoms with van der Waals surface area (Å²) in [6.07, 6.45) is 4.38. The lowest BCUT2D eigenvalue weighted by Crippen LogP contribution is -2.36. The van der Waals surface area contributed by atoms with Crippen LogP contribution in [0.15, 0.2) is 0 Å². The maximum absolute atomic E-state index is 12.2. The summed E-state index contributed by atoms with van der Waals surface area (Å²) >= 11 is 0. The molecule has 0 spiro atoms. The minimum Gasteiger partial charge on any atom is -0.481 e. The molecule has 2 bridgehead atoms. The number of esters is 3. The first kappa shape index (κ1) is 32.4. The fraction of sp³-hybridized carbons (Fsp3) is 0.815. The zero-order valence-electron chi connectivity index (χ0n) is 23.0. The lowest BCUT2D eigenvalue weighted by atomic mass is 9.79. The van der Waals surface area contributed by atoms with E-state index < -0.39 is 40.6 Å². The maximum atomic E-state index is 12.2. The van der Waals surface area contributed by atoms with Crippen LogP contribution in [0.3, 0.4) is 0 Å². The van der Waals surface area contributed by atoms with Gasteiger partial charge in [0, 0.05) is 6.42 Å². The highest BCUT2D eigenvalue weighted by Gasteiger charge is 2.54. The number of carboxylic acid groups (broad SMARTS) is 2. The van der Waals surface area contributed by atoms with Gasteiger partial charge in [-0.05, 0) is 78.1 Å². The Balaban J connectivity index is 0.000000422. The van der Waals surface area contributed by atoms with E-state index in [2.05, 4.69) is 0 Å². The summed E-state index contributed by atoms with van der Waals surface area (Å²) in [7, 11) is 0. The van der Waals surface area contributed by atoms with E-state index in [4.69, 9.17) is 19.3 Å². The van der Waals surface area contributed by atoms with Gasteiger partial charge in [-0.25, -0.2) is 0 Å². The highest BCUT2D eigenvalue weighted by atomic mass is 16.6. The Morgan fingerprint density at radius 1 is 0.730 bits per heavy atom. The first-order chi connectivity index (χ1) is 17.2. The molecule has 2 saturated carbocycles. The van der Waals surface area contributed by atoms with Crippen LogP contribution < -0.4 is 0 Å². The Morgan fingerprint density at radius 3 is 1.65 bits per heavy atom. The minimum absolute atomic E-state index is 0.00650. The molecule has 0 aromatic rings. The van der Waals surface area contributed by atoms with Gasteiger partial charge in [-0.1, -0.05) is 13.8 Å². The number of hydrogen-bond donors (Lipinski definition) is 2. The largest absolute Gasteiger partial charge is 0.481 e. The summed E-state index contributed by atoms with van der Waals surface area (Å²) in [5, 5.41) is 17.7. The SMILES string of the molecule is CCC(C)(C)C(=O)OCCCC(=O)O.CCC(C)(C)C(=O)OCCOC(=O)C1C2CCC(C2)C1C(=O)O. The second-order valence-electron chi connectivity index (χ2n) is 11.1. The Morgan fingerprint density at radius 2 is 1.19 bits per heavy atom. The number of carbonyl (C=O) groups excluding carboxylic acids is 3. The van der Waals surface area contributed by atoms with E-state index in [0.717, 1.165) is 19.3 Å². The molecule has 212 valence electrons. The molecule has 0 aromatic carbocycles. The fourth-order valence-electron chi connectivity index (χ4n) is 4.43. The van der Waals surface area contributed by atoms with Crippen LogP contribution in [-0.2, 0) is 38.2 Å². The molecular formula is C27H44O10. The highest BCUT2D eigenvalue weighted by molar-refractivity contribution is 5.83. The highest BCUT2D eigenvalue weighted by Crippen LogP contribution is 2.52. The average molecular weight is 529 g/mol. The van der Waals surface area contributed by atoms with Crippen LogP contribution in [0.1, 0.15) is 86.5 Å². The first-order valence-corrected chi connectivity index (χ1v) is 13.1. The summed E-state index contributed by atoms with van der Waals surface area (Å²) in [6, 6.07) is 0. The van der Waals surface area contributed by atoms with Crippen LogP contribution in [0, 0.1) is 34.5 Å². The van der Waals surface area contributed by atoms with Crippen molar-refractivity contribution in [3.05, 3.63) is 0 Å². The van der Waals surface area contributed by atoms with E-state index in [1.54, 1.807) is 13.8 Å². The Kier molecular flexibility index (Phi) is 12.5. The zero-order chi connectivity index (χ0) is 28.4. The second kappa shape index (κ2) is 14.3. The molecular weight excluding hydrogens is 484 g/mol. The quantitative estimate of drug-likeness (QED) is 0.203. The average Bonchev–Trinajstić information content (AvgIpc) is 3.46. The number of carbonyl (C=O) groups is 5. The van der Waals surface area contributed by atoms with E-state index in [1.807, 2.05) is 27.7 Å². The number of carboxylic acids is 2. The lowest BCUT2D eigenvalue weighted by Gasteiger charge is -2.26. The van der Waals surface area contributed by atoms with E-state index in [0.29, 0.717) is 19.3 Å². The van der Waals surface area contributed by atoms with E-state index in [-0.39, 0.29) is 50.0 Å². The summed E-state index contributed by atoms with van der Waals surface area (Å²) in [6.45, 7) is 11.2. The number of fused-ring (bicyclic) bond motifs is 2.